The van der Waals surface area contributed by atoms with E-state index in [0.717, 1.165) is 18.7 Å². The minimum absolute atomic E-state index is 0.0721. The summed E-state index contributed by atoms with van der Waals surface area (Å²) in [6.45, 7) is 2.76. The molecule has 2 heterocycles. The third-order valence-electron chi connectivity index (χ3n) is 3.82. The number of amides is 1. The SMILES string of the molecule is O=C(Cc1ccc(Cl)cc1Cl)N1CCN(c2ncccn2)CC1. The van der Waals surface area contributed by atoms with Gasteiger partial charge >= 0.3 is 0 Å². The molecule has 1 saturated heterocycles. The van der Waals surface area contributed by atoms with Crippen molar-refractivity contribution in [2.45, 2.75) is 6.42 Å². The van der Waals surface area contributed by atoms with Gasteiger partial charge in [0.05, 0.1) is 6.42 Å². The van der Waals surface area contributed by atoms with Gasteiger partial charge in [0.1, 0.15) is 0 Å². The number of halogens is 2. The summed E-state index contributed by atoms with van der Waals surface area (Å²) >= 11 is 12.0. The first-order chi connectivity index (χ1) is 11.1. The van der Waals surface area contributed by atoms with Gasteiger partial charge in [-0.1, -0.05) is 29.3 Å². The van der Waals surface area contributed by atoms with Gasteiger partial charge in [-0.3, -0.25) is 4.79 Å². The molecule has 1 aromatic heterocycles. The van der Waals surface area contributed by atoms with Crippen LogP contribution >= 0.6 is 23.2 Å². The lowest BCUT2D eigenvalue weighted by Crippen LogP contribution is -2.49. The van der Waals surface area contributed by atoms with Crippen LogP contribution in [0.4, 0.5) is 5.95 Å². The maximum atomic E-state index is 12.4. The summed E-state index contributed by atoms with van der Waals surface area (Å²) in [6, 6.07) is 7.01. The van der Waals surface area contributed by atoms with E-state index < -0.39 is 0 Å². The number of benzene rings is 1. The highest BCUT2D eigenvalue weighted by molar-refractivity contribution is 6.35. The fourth-order valence-corrected chi connectivity index (χ4v) is 3.03. The first-order valence-electron chi connectivity index (χ1n) is 7.37. The number of nitrogens with zero attached hydrogens (tertiary/aromatic N) is 4. The van der Waals surface area contributed by atoms with Crippen molar-refractivity contribution in [3.63, 3.8) is 0 Å². The second kappa shape index (κ2) is 7.15. The Labute approximate surface area is 144 Å². The van der Waals surface area contributed by atoms with Gasteiger partial charge < -0.3 is 9.80 Å². The molecule has 1 fully saturated rings. The summed E-state index contributed by atoms with van der Waals surface area (Å²) in [5, 5.41) is 1.10. The fourth-order valence-electron chi connectivity index (χ4n) is 2.55. The number of carbonyl (C=O) groups excluding carboxylic acids is 1. The molecule has 7 heteroatoms. The van der Waals surface area contributed by atoms with E-state index in [1.807, 2.05) is 4.90 Å². The molecule has 1 aliphatic rings. The normalized spacial score (nSPS) is 14.9. The minimum atomic E-state index is 0.0721. The molecule has 2 aromatic rings. The third-order valence-corrected chi connectivity index (χ3v) is 4.41. The largest absolute Gasteiger partial charge is 0.339 e. The van der Waals surface area contributed by atoms with Crippen molar-refractivity contribution in [2.75, 3.05) is 31.1 Å². The number of carbonyl (C=O) groups is 1. The molecule has 1 amide bonds. The highest BCUT2D eigenvalue weighted by Crippen LogP contribution is 2.22. The fraction of sp³-hybridized carbons (Fsp3) is 0.312. The molecule has 0 unspecified atom stereocenters. The van der Waals surface area contributed by atoms with Crippen LogP contribution in [0, 0.1) is 0 Å². The molecule has 0 aliphatic carbocycles. The summed E-state index contributed by atoms with van der Waals surface area (Å²) in [6.07, 6.45) is 3.74. The summed E-state index contributed by atoms with van der Waals surface area (Å²) in [5.41, 5.74) is 0.801. The van der Waals surface area contributed by atoms with Crippen molar-refractivity contribution in [3.8, 4) is 0 Å². The lowest BCUT2D eigenvalue weighted by atomic mass is 10.1. The van der Waals surface area contributed by atoms with Crippen molar-refractivity contribution < 1.29 is 4.79 Å². The smallest absolute Gasteiger partial charge is 0.227 e. The van der Waals surface area contributed by atoms with E-state index >= 15 is 0 Å². The van der Waals surface area contributed by atoms with Crippen LogP contribution in [-0.2, 0) is 11.2 Å². The van der Waals surface area contributed by atoms with Gasteiger partial charge in [-0.2, -0.15) is 0 Å². The Morgan fingerprint density at radius 3 is 2.43 bits per heavy atom. The number of aromatic nitrogens is 2. The van der Waals surface area contributed by atoms with Crippen LogP contribution in [0.1, 0.15) is 5.56 Å². The highest BCUT2D eigenvalue weighted by Gasteiger charge is 2.22. The van der Waals surface area contributed by atoms with Gasteiger partial charge in [-0.25, -0.2) is 9.97 Å². The molecule has 0 spiro atoms. The quantitative estimate of drug-likeness (QED) is 0.853. The maximum absolute atomic E-state index is 12.4. The van der Waals surface area contributed by atoms with Gasteiger partial charge in [0.2, 0.25) is 11.9 Å². The first kappa shape index (κ1) is 16.0. The highest BCUT2D eigenvalue weighted by atomic mass is 35.5. The van der Waals surface area contributed by atoms with Crippen molar-refractivity contribution in [2.24, 2.45) is 0 Å². The van der Waals surface area contributed by atoms with E-state index in [1.165, 1.54) is 0 Å². The standard InChI is InChI=1S/C16H16Cl2N4O/c17-13-3-2-12(14(18)11-13)10-15(23)21-6-8-22(9-7-21)16-19-4-1-5-20-16/h1-5,11H,6-10H2. The molecule has 0 radical (unpaired) electrons. The Morgan fingerprint density at radius 1 is 1.09 bits per heavy atom. The molecular formula is C16H16Cl2N4O. The molecule has 1 aromatic carbocycles. The monoisotopic (exact) mass is 350 g/mol. The van der Waals surface area contributed by atoms with E-state index in [2.05, 4.69) is 14.9 Å². The Bertz CT molecular complexity index is 688. The van der Waals surface area contributed by atoms with Gasteiger partial charge in [0.25, 0.3) is 0 Å². The number of piperazine rings is 1. The molecule has 23 heavy (non-hydrogen) atoms. The summed E-state index contributed by atoms with van der Waals surface area (Å²) in [7, 11) is 0. The van der Waals surface area contributed by atoms with E-state index in [4.69, 9.17) is 23.2 Å². The predicted octanol–water partition coefficient (Wildman–Crippen LogP) is 2.67. The number of hydrogen-bond donors (Lipinski definition) is 0. The number of hydrogen-bond acceptors (Lipinski definition) is 4. The lowest BCUT2D eigenvalue weighted by Gasteiger charge is -2.34. The van der Waals surface area contributed by atoms with Crippen LogP contribution in [0.5, 0.6) is 0 Å². The van der Waals surface area contributed by atoms with Gasteiger partial charge in [-0.15, -0.1) is 0 Å². The average molecular weight is 351 g/mol. The number of rotatable bonds is 3. The van der Waals surface area contributed by atoms with Gasteiger partial charge in [0, 0.05) is 48.6 Å². The van der Waals surface area contributed by atoms with E-state index in [-0.39, 0.29) is 12.3 Å². The van der Waals surface area contributed by atoms with Crippen LogP contribution in [0.3, 0.4) is 0 Å². The van der Waals surface area contributed by atoms with Crippen molar-refractivity contribution in [1.82, 2.24) is 14.9 Å². The average Bonchev–Trinajstić information content (AvgIpc) is 2.58. The molecule has 120 valence electrons. The van der Waals surface area contributed by atoms with Gasteiger partial charge in [0.15, 0.2) is 0 Å². The zero-order valence-electron chi connectivity index (χ0n) is 12.5. The molecule has 3 rings (SSSR count). The van der Waals surface area contributed by atoms with E-state index in [9.17, 15) is 4.79 Å². The zero-order valence-corrected chi connectivity index (χ0v) is 14.0. The minimum Gasteiger partial charge on any atom is -0.339 e. The van der Waals surface area contributed by atoms with Crippen LogP contribution in [-0.4, -0.2) is 47.0 Å². The first-order valence-corrected chi connectivity index (χ1v) is 8.13. The summed E-state index contributed by atoms with van der Waals surface area (Å²) in [4.78, 5) is 24.8. The second-order valence-electron chi connectivity index (χ2n) is 5.33. The molecular weight excluding hydrogens is 335 g/mol. The lowest BCUT2D eigenvalue weighted by molar-refractivity contribution is -0.130. The van der Waals surface area contributed by atoms with Crippen molar-refractivity contribution in [3.05, 3.63) is 52.3 Å². The van der Waals surface area contributed by atoms with E-state index in [1.54, 1.807) is 36.7 Å². The third kappa shape index (κ3) is 3.92. The molecule has 5 nitrogen and oxygen atoms in total. The molecule has 0 N–H and O–H groups in total. The Hall–Kier alpha value is -1.85. The number of anilines is 1. The van der Waals surface area contributed by atoms with Crippen LogP contribution in [0.2, 0.25) is 10.0 Å². The maximum Gasteiger partial charge on any atom is 0.227 e. The Kier molecular flexibility index (Phi) is 4.98. The molecule has 0 saturated carbocycles. The zero-order chi connectivity index (χ0) is 16.2. The molecule has 1 aliphatic heterocycles. The van der Waals surface area contributed by atoms with Crippen LogP contribution in [0.25, 0.3) is 0 Å². The summed E-state index contributed by atoms with van der Waals surface area (Å²) in [5.74, 6) is 0.781. The molecule has 0 bridgehead atoms. The van der Waals surface area contributed by atoms with Crippen LogP contribution < -0.4 is 4.90 Å². The Balaban J connectivity index is 1.58. The van der Waals surface area contributed by atoms with Crippen molar-refractivity contribution in [1.29, 1.82) is 0 Å². The van der Waals surface area contributed by atoms with Gasteiger partial charge in [-0.05, 0) is 23.8 Å². The topological polar surface area (TPSA) is 49.3 Å². The van der Waals surface area contributed by atoms with Crippen LogP contribution in [0.15, 0.2) is 36.7 Å². The molecule has 0 atom stereocenters. The Morgan fingerprint density at radius 2 is 1.78 bits per heavy atom. The summed E-state index contributed by atoms with van der Waals surface area (Å²) < 4.78 is 0. The van der Waals surface area contributed by atoms with E-state index in [0.29, 0.717) is 29.1 Å². The predicted molar refractivity (Wildman–Crippen MR) is 91.0 cm³/mol. The van der Waals surface area contributed by atoms with Crippen molar-refractivity contribution >= 4 is 35.1 Å². The second-order valence-corrected chi connectivity index (χ2v) is 6.17.